The summed E-state index contributed by atoms with van der Waals surface area (Å²) in [5, 5.41) is 5.83. The van der Waals surface area contributed by atoms with Crippen LogP contribution in [0, 0.1) is 0 Å². The van der Waals surface area contributed by atoms with Gasteiger partial charge in [0.15, 0.2) is 0 Å². The monoisotopic (exact) mass is 636 g/mol. The van der Waals surface area contributed by atoms with E-state index in [2.05, 4.69) is 0 Å². The largest absolute Gasteiger partial charge is 0.456 e. The average Bonchev–Trinajstić information content (AvgIpc) is 3.65. The molecule has 10 aromatic rings. The maximum absolute atomic E-state index is 9.34. The lowest BCUT2D eigenvalue weighted by molar-refractivity contribution is 0.669. The van der Waals surface area contributed by atoms with Crippen molar-refractivity contribution in [3.63, 3.8) is 0 Å². The molecule has 49 heavy (non-hydrogen) atoms. The first kappa shape index (κ1) is 17.1. The number of hydrogen-bond acceptors (Lipinski definition) is 1. The summed E-state index contributed by atoms with van der Waals surface area (Å²) < 4.78 is 127. The van der Waals surface area contributed by atoms with Gasteiger partial charge in [0.1, 0.15) is 11.2 Å². The highest BCUT2D eigenvalue weighted by molar-refractivity contribution is 6.23. The van der Waals surface area contributed by atoms with Crippen molar-refractivity contribution in [2.45, 2.75) is 0 Å². The second-order valence-electron chi connectivity index (χ2n) is 11.8. The Morgan fingerprint density at radius 1 is 0.347 bits per heavy atom. The van der Waals surface area contributed by atoms with Crippen LogP contribution in [-0.2, 0) is 0 Å². The third-order valence-electron chi connectivity index (χ3n) is 9.12. The quantitative estimate of drug-likeness (QED) is 0.175. The van der Waals surface area contributed by atoms with Crippen molar-refractivity contribution in [2.24, 2.45) is 0 Å². The molecule has 1 heteroatoms. The summed E-state index contributed by atoms with van der Waals surface area (Å²) >= 11 is 0. The Kier molecular flexibility index (Phi) is 3.87. The van der Waals surface area contributed by atoms with E-state index in [1.807, 2.05) is 91.0 Å². The van der Waals surface area contributed by atoms with Crippen molar-refractivity contribution in [3.8, 4) is 44.5 Å². The number of furan rings is 1. The Hall–Kier alpha value is -6.44. The van der Waals surface area contributed by atoms with E-state index in [1.54, 1.807) is 6.07 Å². The van der Waals surface area contributed by atoms with Gasteiger partial charge in [-0.2, -0.15) is 0 Å². The minimum Gasteiger partial charge on any atom is -0.456 e. The van der Waals surface area contributed by atoms with Crippen LogP contribution in [0.4, 0.5) is 0 Å². The number of benzene rings is 9. The summed E-state index contributed by atoms with van der Waals surface area (Å²) in [6.45, 7) is 0. The second kappa shape index (κ2) is 11.1. The van der Waals surface area contributed by atoms with E-state index in [0.29, 0.717) is 33.1 Å². The lowest BCUT2D eigenvalue weighted by Gasteiger charge is -2.19. The Labute approximate surface area is 304 Å². The van der Waals surface area contributed by atoms with E-state index in [1.165, 1.54) is 0 Å². The zero-order valence-corrected chi connectivity index (χ0v) is 25.6. The topological polar surface area (TPSA) is 13.1 Å². The summed E-state index contributed by atoms with van der Waals surface area (Å²) in [5.41, 5.74) is 3.32. The van der Waals surface area contributed by atoms with Crippen LogP contribution in [0.3, 0.4) is 0 Å². The number of hydrogen-bond donors (Lipinski definition) is 0. The van der Waals surface area contributed by atoms with Crippen molar-refractivity contribution < 1.29 is 23.6 Å². The fraction of sp³-hybridized carbons (Fsp3) is 0. The Balaban J connectivity index is 1.24. The summed E-state index contributed by atoms with van der Waals surface area (Å²) in [5.74, 6) is 0. The molecular formula is C48H30O. The molecule has 0 N–H and O–H groups in total. The van der Waals surface area contributed by atoms with Crippen LogP contribution in [0.5, 0.6) is 0 Å². The highest BCUT2D eigenvalue weighted by Crippen LogP contribution is 2.47. The first-order valence-corrected chi connectivity index (χ1v) is 15.7. The molecule has 0 radical (unpaired) electrons. The fourth-order valence-electron chi connectivity index (χ4n) is 7.00. The highest BCUT2D eigenvalue weighted by Gasteiger charge is 2.19. The molecule has 228 valence electrons. The molecule has 0 aliphatic heterocycles. The lowest BCUT2D eigenvalue weighted by Crippen LogP contribution is -1.92. The molecule has 0 amide bonds. The van der Waals surface area contributed by atoms with E-state index < -0.39 is 72.5 Å². The van der Waals surface area contributed by atoms with Crippen LogP contribution in [-0.4, -0.2) is 0 Å². The molecule has 1 nitrogen and oxygen atoms in total. The maximum atomic E-state index is 9.34. The smallest absolute Gasteiger partial charge is 0.136 e. The van der Waals surface area contributed by atoms with E-state index in [0.717, 1.165) is 43.4 Å². The van der Waals surface area contributed by atoms with Crippen LogP contribution in [0.15, 0.2) is 186 Å². The molecule has 0 spiro atoms. The van der Waals surface area contributed by atoms with Gasteiger partial charge in [-0.1, -0.05) is 151 Å². The van der Waals surface area contributed by atoms with Crippen LogP contribution in [0.2, 0.25) is 0 Å². The fourth-order valence-corrected chi connectivity index (χ4v) is 7.00. The normalized spacial score (nSPS) is 15.7. The Morgan fingerprint density at radius 2 is 0.918 bits per heavy atom. The molecule has 0 unspecified atom stereocenters. The summed E-state index contributed by atoms with van der Waals surface area (Å²) in [6.07, 6.45) is 0. The molecule has 0 fully saturated rings. The van der Waals surface area contributed by atoms with E-state index in [9.17, 15) is 1.37 Å². The molecule has 1 aromatic heterocycles. The molecule has 0 saturated heterocycles. The zero-order valence-electron chi connectivity index (χ0n) is 39.6. The predicted octanol–water partition coefficient (Wildman–Crippen LogP) is 13.7. The van der Waals surface area contributed by atoms with Gasteiger partial charge in [-0.05, 0) is 107 Å². The minimum atomic E-state index is -0.626. The second-order valence-corrected chi connectivity index (χ2v) is 11.8. The highest BCUT2D eigenvalue weighted by atomic mass is 16.3. The van der Waals surface area contributed by atoms with Gasteiger partial charge in [0.05, 0.1) is 19.2 Å². The van der Waals surface area contributed by atoms with Gasteiger partial charge < -0.3 is 4.42 Å². The standard InChI is InChI=1S/C48H30O/c1-3-13-31(14-4-1)33-23-24-34-30-46-44(29-36(34)27-33)43-28-35(25-26-45(43)49-46)47-39-19-9-11-21-41(39)48(42-22-12-10-20-40(42)47)38-18-8-7-17-37(38)32-15-5-2-6-16-32/h1-30H/i1D,2D,3D,4D,5D,6D,7D,8D,13D,14D,15D,16D,17D,18D. The molecule has 1 heterocycles. The third-order valence-corrected chi connectivity index (χ3v) is 9.12. The minimum absolute atomic E-state index is 0.00428. The van der Waals surface area contributed by atoms with Crippen molar-refractivity contribution in [1.29, 1.82) is 0 Å². The van der Waals surface area contributed by atoms with Crippen LogP contribution >= 0.6 is 0 Å². The first-order chi connectivity index (χ1) is 30.1. The molecule has 0 bridgehead atoms. The van der Waals surface area contributed by atoms with Gasteiger partial charge >= 0.3 is 0 Å². The van der Waals surface area contributed by atoms with Crippen LogP contribution in [0.25, 0.3) is 98.8 Å². The molecule has 0 aliphatic rings. The van der Waals surface area contributed by atoms with Crippen molar-refractivity contribution in [1.82, 2.24) is 0 Å². The van der Waals surface area contributed by atoms with Gasteiger partial charge in [-0.15, -0.1) is 0 Å². The summed E-state index contributed by atoms with van der Waals surface area (Å²) in [7, 11) is 0. The van der Waals surface area contributed by atoms with Gasteiger partial charge in [0, 0.05) is 10.8 Å². The third kappa shape index (κ3) is 4.47. The van der Waals surface area contributed by atoms with Gasteiger partial charge in [0.25, 0.3) is 0 Å². The summed E-state index contributed by atoms with van der Waals surface area (Å²) in [4.78, 5) is 0. The molecule has 9 aromatic carbocycles. The number of fused-ring (bicyclic) bond motifs is 6. The van der Waals surface area contributed by atoms with Crippen molar-refractivity contribution in [2.75, 3.05) is 0 Å². The van der Waals surface area contributed by atoms with Crippen LogP contribution in [0.1, 0.15) is 19.2 Å². The molecule has 10 rings (SSSR count). The number of rotatable bonds is 4. The average molecular weight is 637 g/mol. The van der Waals surface area contributed by atoms with E-state index in [-0.39, 0.29) is 34.3 Å². The maximum Gasteiger partial charge on any atom is 0.136 e. The predicted molar refractivity (Wildman–Crippen MR) is 208 cm³/mol. The van der Waals surface area contributed by atoms with E-state index in [4.69, 9.17) is 22.2 Å². The van der Waals surface area contributed by atoms with Gasteiger partial charge in [0.2, 0.25) is 0 Å². The Bertz CT molecular complexity index is 3570. The van der Waals surface area contributed by atoms with Gasteiger partial charge in [-0.3, -0.25) is 0 Å². The van der Waals surface area contributed by atoms with E-state index >= 15 is 0 Å². The van der Waals surface area contributed by atoms with Gasteiger partial charge in [-0.25, -0.2) is 0 Å². The van der Waals surface area contributed by atoms with Crippen molar-refractivity contribution in [3.05, 3.63) is 182 Å². The molecule has 0 aliphatic carbocycles. The Morgan fingerprint density at radius 3 is 1.61 bits per heavy atom. The lowest BCUT2D eigenvalue weighted by atomic mass is 9.83. The molecular weight excluding hydrogens is 593 g/mol. The zero-order chi connectivity index (χ0) is 44.5. The summed E-state index contributed by atoms with van der Waals surface area (Å²) in [6, 6.07) is 23.0. The van der Waals surface area contributed by atoms with Crippen LogP contribution < -0.4 is 0 Å². The first-order valence-electron chi connectivity index (χ1n) is 22.7. The molecule has 0 saturated carbocycles. The SMILES string of the molecule is [2H]c1c([2H])c([2H])c(-c2ccc3cc4oc5ccc(-c6c7ccccc7c(-c7c([2H])c([2H])c([2H])c([2H])c7-c7c([2H])c([2H])c([2H])c([2H])c7[2H])c7ccccc67)cc5c4cc3c2)c([2H])c1[2H]. The molecule has 0 atom stereocenters. The van der Waals surface area contributed by atoms with Crippen molar-refractivity contribution >= 4 is 54.3 Å².